The molecule has 1 N–H and O–H groups in total. The quantitative estimate of drug-likeness (QED) is 0.182. The summed E-state index contributed by atoms with van der Waals surface area (Å²) >= 11 is 1.47. The molecule has 0 aliphatic carbocycles. The Morgan fingerprint density at radius 3 is 1.98 bits per heavy atom. The van der Waals surface area contributed by atoms with Gasteiger partial charge in [0.2, 0.25) is 0 Å². The fourth-order valence-corrected chi connectivity index (χ4v) is 7.19. The van der Waals surface area contributed by atoms with Crippen molar-refractivity contribution in [2.24, 2.45) is 0 Å². The average molecular weight is 582 g/mol. The molecule has 0 atom stereocenters. The lowest BCUT2D eigenvalue weighted by Crippen LogP contribution is -2.30. The van der Waals surface area contributed by atoms with E-state index in [1.807, 2.05) is 24.3 Å². The molecule has 5 aromatic rings. The van der Waals surface area contributed by atoms with Crippen LogP contribution < -0.4 is 9.62 Å². The van der Waals surface area contributed by atoms with E-state index in [1.165, 1.54) is 39.9 Å². The lowest BCUT2D eigenvalue weighted by Gasteiger charge is -2.22. The number of hydrogen-bond donors (Lipinski definition) is 1. The van der Waals surface area contributed by atoms with Crippen LogP contribution in [0.15, 0.2) is 114 Å². The van der Waals surface area contributed by atoms with E-state index in [0.29, 0.717) is 16.4 Å². The molecule has 0 aliphatic heterocycles. The summed E-state index contributed by atoms with van der Waals surface area (Å²) in [4.78, 5) is 19.1. The molecule has 0 aliphatic rings. The second-order valence-corrected chi connectivity index (χ2v) is 12.4. The number of benzene rings is 4. The highest BCUT2D eigenvalue weighted by Gasteiger charge is 2.24. The zero-order valence-electron chi connectivity index (χ0n) is 22.9. The van der Waals surface area contributed by atoms with E-state index in [0.717, 1.165) is 40.1 Å². The number of carbonyl (C=O) groups is 1. The van der Waals surface area contributed by atoms with E-state index in [4.69, 9.17) is 4.98 Å². The molecule has 41 heavy (non-hydrogen) atoms. The van der Waals surface area contributed by atoms with Crippen LogP contribution in [0.3, 0.4) is 0 Å². The molecule has 0 unspecified atom stereocenters. The zero-order chi connectivity index (χ0) is 28.8. The summed E-state index contributed by atoms with van der Waals surface area (Å²) in [6, 6.07) is 33.5. The summed E-state index contributed by atoms with van der Waals surface area (Å²) < 4.78 is 27.9. The Hall–Kier alpha value is -4.27. The predicted octanol–water partition coefficient (Wildman–Crippen LogP) is 7.90. The molecule has 0 fully saturated rings. The molecule has 1 heterocycles. The first kappa shape index (κ1) is 28.3. The zero-order valence-corrected chi connectivity index (χ0v) is 24.6. The maximum Gasteiger partial charge on any atom is 0.264 e. The van der Waals surface area contributed by atoms with Crippen LogP contribution in [0.5, 0.6) is 0 Å². The normalized spacial score (nSPS) is 11.3. The van der Waals surface area contributed by atoms with E-state index in [1.54, 1.807) is 31.2 Å². The second-order valence-electron chi connectivity index (χ2n) is 9.47. The van der Waals surface area contributed by atoms with Gasteiger partial charge in [0.25, 0.3) is 15.9 Å². The molecule has 0 radical (unpaired) electrons. The highest BCUT2D eigenvalue weighted by Crippen LogP contribution is 2.34. The number of sulfonamides is 1. The molecule has 5 rings (SSSR count). The van der Waals surface area contributed by atoms with Crippen molar-refractivity contribution in [3.8, 4) is 22.4 Å². The first-order valence-electron chi connectivity index (χ1n) is 13.6. The number of carbonyl (C=O) groups excluding carboxylic acids is 1. The number of amides is 1. The van der Waals surface area contributed by atoms with Crippen molar-refractivity contribution in [3.63, 3.8) is 0 Å². The van der Waals surface area contributed by atoms with Crippen molar-refractivity contribution in [2.75, 3.05) is 16.2 Å². The molecule has 1 aromatic heterocycles. The first-order chi connectivity index (χ1) is 19.9. The van der Waals surface area contributed by atoms with Crippen molar-refractivity contribution in [1.82, 2.24) is 4.98 Å². The van der Waals surface area contributed by atoms with Crippen LogP contribution in [0.25, 0.3) is 22.4 Å². The molecule has 8 heteroatoms. The molecule has 4 aromatic carbocycles. The Kier molecular flexibility index (Phi) is 8.61. The minimum absolute atomic E-state index is 0.125. The van der Waals surface area contributed by atoms with Gasteiger partial charge in [0.05, 0.1) is 16.3 Å². The molecule has 1 amide bonds. The van der Waals surface area contributed by atoms with E-state index < -0.39 is 10.0 Å². The third kappa shape index (κ3) is 6.24. The molecule has 0 saturated heterocycles. The van der Waals surface area contributed by atoms with Gasteiger partial charge in [-0.3, -0.25) is 14.4 Å². The Bertz CT molecular complexity index is 1720. The maximum absolute atomic E-state index is 13.3. The number of para-hydroxylation sites is 1. The third-order valence-electron chi connectivity index (χ3n) is 6.70. The SMILES string of the molecule is CCCc1sc(NC(=O)c2ccc(S(=O)(=O)N(CC)c3ccccc3)cc2)nc1-c1ccc(-c2ccccc2)cc1. The largest absolute Gasteiger partial charge is 0.298 e. The Balaban J connectivity index is 1.34. The van der Waals surface area contributed by atoms with Crippen LogP contribution in [-0.2, 0) is 16.4 Å². The molecular formula is C33H31N3O3S2. The van der Waals surface area contributed by atoms with Crippen LogP contribution in [0.4, 0.5) is 10.8 Å². The fraction of sp³-hybridized carbons (Fsp3) is 0.152. The van der Waals surface area contributed by atoms with Gasteiger partial charge in [-0.1, -0.05) is 86.1 Å². The van der Waals surface area contributed by atoms with Crippen molar-refractivity contribution in [3.05, 3.63) is 120 Å². The average Bonchev–Trinajstić information content (AvgIpc) is 3.40. The van der Waals surface area contributed by atoms with Crippen molar-refractivity contribution in [1.29, 1.82) is 0 Å². The van der Waals surface area contributed by atoms with Gasteiger partial charge in [0, 0.05) is 22.5 Å². The Morgan fingerprint density at radius 2 is 1.37 bits per heavy atom. The molecule has 208 valence electrons. The molecule has 0 saturated carbocycles. The summed E-state index contributed by atoms with van der Waals surface area (Å²) in [5.74, 6) is -0.341. The van der Waals surface area contributed by atoms with E-state index >= 15 is 0 Å². The van der Waals surface area contributed by atoms with Crippen molar-refractivity contribution in [2.45, 2.75) is 31.6 Å². The minimum Gasteiger partial charge on any atom is -0.298 e. The number of nitrogens with one attached hydrogen (secondary N) is 1. The number of thiazole rings is 1. The summed E-state index contributed by atoms with van der Waals surface area (Å²) in [7, 11) is -3.77. The summed E-state index contributed by atoms with van der Waals surface area (Å²) in [5.41, 5.74) is 5.10. The highest BCUT2D eigenvalue weighted by molar-refractivity contribution is 7.92. The van der Waals surface area contributed by atoms with Crippen LogP contribution in [0.1, 0.15) is 35.5 Å². The Labute approximate surface area is 245 Å². The lowest BCUT2D eigenvalue weighted by molar-refractivity contribution is 0.102. The van der Waals surface area contributed by atoms with E-state index in [-0.39, 0.29) is 17.3 Å². The number of rotatable bonds is 10. The molecule has 0 spiro atoms. The van der Waals surface area contributed by atoms with Crippen molar-refractivity contribution < 1.29 is 13.2 Å². The van der Waals surface area contributed by atoms with Crippen LogP contribution in [0, 0.1) is 0 Å². The third-order valence-corrected chi connectivity index (χ3v) is 9.64. The monoisotopic (exact) mass is 581 g/mol. The number of aryl methyl sites for hydroxylation is 1. The van der Waals surface area contributed by atoms with Crippen LogP contribution in [-0.4, -0.2) is 25.9 Å². The predicted molar refractivity (Wildman–Crippen MR) is 168 cm³/mol. The van der Waals surface area contributed by atoms with Gasteiger partial charge >= 0.3 is 0 Å². The lowest BCUT2D eigenvalue weighted by atomic mass is 10.0. The van der Waals surface area contributed by atoms with Gasteiger partial charge in [-0.25, -0.2) is 13.4 Å². The van der Waals surface area contributed by atoms with Crippen LogP contribution >= 0.6 is 11.3 Å². The topological polar surface area (TPSA) is 79.4 Å². The standard InChI is InChI=1S/C33H31N3O3S2/c1-3-11-30-31(26-18-16-25(17-19-26)24-12-7-5-8-13-24)34-33(40-30)35-32(37)27-20-22-29(23-21-27)41(38,39)36(4-2)28-14-9-6-10-15-28/h5-10,12-23H,3-4,11H2,1-2H3,(H,34,35,37). The van der Waals surface area contributed by atoms with Gasteiger partial charge in [-0.05, 0) is 60.9 Å². The van der Waals surface area contributed by atoms with E-state index in [2.05, 4.69) is 48.6 Å². The maximum atomic E-state index is 13.3. The van der Waals surface area contributed by atoms with E-state index in [9.17, 15) is 13.2 Å². The van der Waals surface area contributed by atoms with Crippen LogP contribution in [0.2, 0.25) is 0 Å². The van der Waals surface area contributed by atoms with Gasteiger partial charge in [0.15, 0.2) is 5.13 Å². The van der Waals surface area contributed by atoms with Gasteiger partial charge < -0.3 is 0 Å². The number of nitrogens with zero attached hydrogens (tertiary/aromatic N) is 2. The molecule has 0 bridgehead atoms. The Morgan fingerprint density at radius 1 is 0.780 bits per heavy atom. The number of hydrogen-bond acceptors (Lipinski definition) is 5. The van der Waals surface area contributed by atoms with Crippen molar-refractivity contribution >= 4 is 38.1 Å². The van der Waals surface area contributed by atoms with Gasteiger partial charge in [-0.2, -0.15) is 0 Å². The van der Waals surface area contributed by atoms with Gasteiger partial charge in [0.1, 0.15) is 0 Å². The molecule has 6 nitrogen and oxygen atoms in total. The summed E-state index contributed by atoms with van der Waals surface area (Å²) in [6.45, 7) is 4.20. The fourth-order valence-electron chi connectivity index (χ4n) is 4.64. The summed E-state index contributed by atoms with van der Waals surface area (Å²) in [6.07, 6.45) is 1.81. The first-order valence-corrected chi connectivity index (χ1v) is 15.8. The molecular weight excluding hydrogens is 551 g/mol. The number of aromatic nitrogens is 1. The van der Waals surface area contributed by atoms with Gasteiger partial charge in [-0.15, -0.1) is 11.3 Å². The second kappa shape index (κ2) is 12.5. The summed E-state index contributed by atoms with van der Waals surface area (Å²) in [5, 5.41) is 3.42. The smallest absolute Gasteiger partial charge is 0.264 e. The minimum atomic E-state index is -3.77. The number of anilines is 2. The highest BCUT2D eigenvalue weighted by atomic mass is 32.2.